The molecule has 0 N–H and O–H groups in total. The predicted octanol–water partition coefficient (Wildman–Crippen LogP) is 7.10. The van der Waals surface area contributed by atoms with E-state index < -0.39 is 24.9 Å². The van der Waals surface area contributed by atoms with Crippen molar-refractivity contribution in [3.05, 3.63) is 11.5 Å². The summed E-state index contributed by atoms with van der Waals surface area (Å²) in [5.41, 5.74) is 0. The second-order valence-corrected chi connectivity index (χ2v) is 28.3. The Morgan fingerprint density at radius 2 is 1.52 bits per heavy atom. The molecule has 1 fully saturated rings. The van der Waals surface area contributed by atoms with Crippen molar-refractivity contribution in [2.75, 3.05) is 6.61 Å². The van der Waals surface area contributed by atoms with E-state index >= 15 is 0 Å². The van der Waals surface area contributed by atoms with Crippen LogP contribution in [0.15, 0.2) is 11.5 Å². The quantitative estimate of drug-likeness (QED) is 0.269. The fourth-order valence-corrected chi connectivity index (χ4v) is 9.06. The van der Waals surface area contributed by atoms with Gasteiger partial charge in [-0.3, -0.25) is 4.79 Å². The summed E-state index contributed by atoms with van der Waals surface area (Å²) in [5.74, 6) is 1.89. The van der Waals surface area contributed by atoms with E-state index in [-0.39, 0.29) is 34.0 Å². The summed E-state index contributed by atoms with van der Waals surface area (Å²) in [6.45, 7) is 32.1. The number of ether oxygens (including phenoxy) is 1. The van der Waals surface area contributed by atoms with Crippen LogP contribution in [0.1, 0.15) is 61.3 Å². The van der Waals surface area contributed by atoms with Crippen LogP contribution < -0.4 is 0 Å². The lowest BCUT2D eigenvalue weighted by Crippen LogP contribution is -2.75. The second-order valence-electron chi connectivity index (χ2n) is 14.0. The van der Waals surface area contributed by atoms with E-state index in [0.717, 1.165) is 24.4 Å². The van der Waals surface area contributed by atoms with E-state index in [9.17, 15) is 4.79 Å². The molecular formula is C25H51NO4Si3. The zero-order valence-electron chi connectivity index (χ0n) is 23.9. The highest BCUT2D eigenvalue weighted by molar-refractivity contribution is 6.80. The van der Waals surface area contributed by atoms with Gasteiger partial charge in [0.2, 0.25) is 14.2 Å². The van der Waals surface area contributed by atoms with Gasteiger partial charge in [-0.05, 0) is 56.2 Å². The molecule has 8 heteroatoms. The number of rotatable bonds is 7. The molecule has 0 spiro atoms. The zero-order chi connectivity index (χ0) is 25.8. The molecule has 0 saturated carbocycles. The van der Waals surface area contributed by atoms with Gasteiger partial charge in [0.05, 0.1) is 24.7 Å². The zero-order valence-corrected chi connectivity index (χ0v) is 26.9. The minimum Gasteiger partial charge on any atom is -0.545 e. The van der Waals surface area contributed by atoms with Gasteiger partial charge in [0.25, 0.3) is 0 Å². The molecular weight excluding hydrogens is 463 g/mol. The maximum Gasteiger partial charge on any atom is 0.241 e. The Balaban J connectivity index is 2.55. The molecule has 192 valence electrons. The Kier molecular flexibility index (Phi) is 7.93. The average Bonchev–Trinajstić information content (AvgIpc) is 2.56. The SMILES string of the molecule is C[C@@H](O[Si](C)(C)C(C)(C)C)[C@H]1C(=O)N([Si](C)(C)C(C)(C)C)[C@@H]1C1=C(O[Si](C)(C)C)CCCO1. The third-order valence-electron chi connectivity index (χ3n) is 8.15. The molecule has 5 nitrogen and oxygen atoms in total. The smallest absolute Gasteiger partial charge is 0.241 e. The summed E-state index contributed by atoms with van der Waals surface area (Å²) < 4.78 is 21.9. The molecule has 33 heavy (non-hydrogen) atoms. The first-order chi connectivity index (χ1) is 14.6. The second kappa shape index (κ2) is 9.13. The molecule has 0 unspecified atom stereocenters. The van der Waals surface area contributed by atoms with E-state index in [2.05, 4.69) is 98.9 Å². The normalized spacial score (nSPS) is 24.4. The van der Waals surface area contributed by atoms with Gasteiger partial charge in [0.15, 0.2) is 22.3 Å². The molecule has 2 heterocycles. The van der Waals surface area contributed by atoms with Crippen LogP contribution in [-0.4, -0.2) is 54.1 Å². The Hall–Kier alpha value is -0.579. The first-order valence-corrected chi connectivity index (χ1v) is 21.9. The highest BCUT2D eigenvalue weighted by atomic mass is 28.4. The van der Waals surface area contributed by atoms with E-state index in [1.165, 1.54) is 0 Å². The summed E-state index contributed by atoms with van der Waals surface area (Å²) >= 11 is 0. The summed E-state index contributed by atoms with van der Waals surface area (Å²) in [5, 5.41) is 0.139. The van der Waals surface area contributed by atoms with Gasteiger partial charge in [-0.25, -0.2) is 0 Å². The summed E-state index contributed by atoms with van der Waals surface area (Å²) in [7, 11) is -5.95. The molecule has 0 aliphatic carbocycles. The van der Waals surface area contributed by atoms with Crippen LogP contribution in [0.3, 0.4) is 0 Å². The van der Waals surface area contributed by atoms with Crippen molar-refractivity contribution < 1.29 is 18.4 Å². The molecule has 2 aliphatic rings. The van der Waals surface area contributed by atoms with E-state index in [1.54, 1.807) is 0 Å². The standard InChI is InChI=1S/C25H51NO4Si3/c1-18(29-33(13,14)25(5,6)7)20-21(26(23(20)27)32(11,12)24(2,3)4)22-19(16-15-17-28-22)30-31(8,9)10/h18,20-21H,15-17H2,1-14H3/t18-,20-,21+/m1/s1. The lowest BCUT2D eigenvalue weighted by molar-refractivity contribution is -0.154. The van der Waals surface area contributed by atoms with Gasteiger partial charge < -0.3 is 18.2 Å². The molecule has 0 aromatic rings. The molecule has 0 aromatic carbocycles. The van der Waals surface area contributed by atoms with Crippen molar-refractivity contribution in [1.82, 2.24) is 4.57 Å². The number of allylic oxidation sites excluding steroid dienone is 1. The van der Waals surface area contributed by atoms with Crippen molar-refractivity contribution in [3.8, 4) is 0 Å². The van der Waals surface area contributed by atoms with E-state index in [0.29, 0.717) is 6.61 Å². The largest absolute Gasteiger partial charge is 0.545 e. The molecule has 0 bridgehead atoms. The number of β-lactam (4-membered cyclic amide) rings is 1. The monoisotopic (exact) mass is 513 g/mol. The van der Waals surface area contributed by atoms with Crippen LogP contribution in [0, 0.1) is 5.92 Å². The lowest BCUT2D eigenvalue weighted by atomic mass is 9.83. The van der Waals surface area contributed by atoms with Gasteiger partial charge in [-0.15, -0.1) is 0 Å². The molecule has 0 aromatic heterocycles. The minimum absolute atomic E-state index is 0.0461. The predicted molar refractivity (Wildman–Crippen MR) is 146 cm³/mol. The number of nitrogens with zero attached hydrogens (tertiary/aromatic N) is 1. The summed E-state index contributed by atoms with van der Waals surface area (Å²) in [6, 6.07) is -0.0928. The van der Waals surface area contributed by atoms with Crippen molar-refractivity contribution in [2.45, 2.75) is 129 Å². The maximum atomic E-state index is 13.9. The van der Waals surface area contributed by atoms with Crippen LogP contribution in [0.5, 0.6) is 0 Å². The van der Waals surface area contributed by atoms with Gasteiger partial charge in [0, 0.05) is 6.42 Å². The Bertz CT molecular complexity index is 772. The lowest BCUT2D eigenvalue weighted by Gasteiger charge is -2.60. The van der Waals surface area contributed by atoms with E-state index in [4.69, 9.17) is 13.6 Å². The number of carbonyl (C=O) groups excluding carboxylic acids is 1. The molecule has 0 radical (unpaired) electrons. The van der Waals surface area contributed by atoms with E-state index in [1.807, 2.05) is 0 Å². The maximum absolute atomic E-state index is 13.9. The molecule has 3 atom stereocenters. The van der Waals surface area contributed by atoms with Crippen LogP contribution in [0.2, 0.25) is 55.9 Å². The minimum atomic E-state index is -2.12. The molecule has 2 rings (SSSR count). The average molecular weight is 514 g/mol. The summed E-state index contributed by atoms with van der Waals surface area (Å²) in [6.07, 6.45) is 1.69. The van der Waals surface area contributed by atoms with Crippen LogP contribution in [0.25, 0.3) is 0 Å². The first-order valence-electron chi connectivity index (χ1n) is 12.7. The number of carbonyl (C=O) groups is 1. The first kappa shape index (κ1) is 28.7. The molecule has 2 aliphatic heterocycles. The number of hydrogen-bond donors (Lipinski definition) is 0. The van der Waals surface area contributed by atoms with Crippen molar-refractivity contribution in [2.24, 2.45) is 5.92 Å². The van der Waals surface area contributed by atoms with Crippen molar-refractivity contribution in [1.29, 1.82) is 0 Å². The Morgan fingerprint density at radius 3 is 1.97 bits per heavy atom. The van der Waals surface area contributed by atoms with Gasteiger partial charge in [-0.1, -0.05) is 54.6 Å². The van der Waals surface area contributed by atoms with Crippen molar-refractivity contribution in [3.63, 3.8) is 0 Å². The molecule has 1 amide bonds. The highest BCUT2D eigenvalue weighted by Gasteiger charge is 2.62. The van der Waals surface area contributed by atoms with Crippen LogP contribution in [-0.2, 0) is 18.4 Å². The summed E-state index contributed by atoms with van der Waals surface area (Å²) in [4.78, 5) is 13.9. The van der Waals surface area contributed by atoms with Crippen LogP contribution >= 0.6 is 0 Å². The Morgan fingerprint density at radius 1 is 0.970 bits per heavy atom. The Labute approximate surface area is 207 Å². The van der Waals surface area contributed by atoms with Gasteiger partial charge in [0.1, 0.15) is 5.76 Å². The molecule has 1 saturated heterocycles. The van der Waals surface area contributed by atoms with Crippen molar-refractivity contribution >= 4 is 30.8 Å². The third kappa shape index (κ3) is 5.81. The van der Waals surface area contributed by atoms with Gasteiger partial charge in [-0.2, -0.15) is 0 Å². The topological polar surface area (TPSA) is 48.0 Å². The third-order valence-corrected chi connectivity index (χ3v) is 19.0. The fraction of sp³-hybridized carbons (Fsp3) is 0.880. The van der Waals surface area contributed by atoms with Gasteiger partial charge >= 0.3 is 0 Å². The number of amides is 1. The number of hydrogen-bond acceptors (Lipinski definition) is 4. The van der Waals surface area contributed by atoms with Crippen LogP contribution in [0.4, 0.5) is 0 Å². The fourth-order valence-electron chi connectivity index (χ4n) is 4.29. The highest BCUT2D eigenvalue weighted by Crippen LogP contribution is 2.50.